The van der Waals surface area contributed by atoms with Gasteiger partial charge in [-0.1, -0.05) is 75.4 Å². The van der Waals surface area contributed by atoms with Crippen molar-refractivity contribution in [1.29, 1.82) is 0 Å². The van der Waals surface area contributed by atoms with E-state index in [1.54, 1.807) is 0 Å². The minimum atomic E-state index is 0.177. The molecule has 3 rings (SSSR count). The van der Waals surface area contributed by atoms with Crippen molar-refractivity contribution < 1.29 is 4.74 Å². The number of ether oxygens (including phenoxy) is 1. The Morgan fingerprint density at radius 1 is 0.773 bits per heavy atom. The monoisotopic (exact) mass is 290 g/mol. The van der Waals surface area contributed by atoms with Gasteiger partial charge in [-0.15, -0.1) is 0 Å². The Bertz CT molecular complexity index is 767. The average molecular weight is 290 g/mol. The van der Waals surface area contributed by atoms with E-state index in [1.807, 2.05) is 18.2 Å². The molecule has 1 nitrogen and oxygen atoms in total. The fourth-order valence-electron chi connectivity index (χ4n) is 2.52. The number of hydrogen-bond donors (Lipinski definition) is 0. The van der Waals surface area contributed by atoms with E-state index in [4.69, 9.17) is 4.74 Å². The summed E-state index contributed by atoms with van der Waals surface area (Å²) in [7, 11) is 0. The van der Waals surface area contributed by atoms with Gasteiger partial charge in [-0.05, 0) is 39.4 Å². The first-order chi connectivity index (χ1) is 10.5. The van der Waals surface area contributed by atoms with Crippen molar-refractivity contribution in [3.05, 3.63) is 77.9 Å². The highest BCUT2D eigenvalue weighted by Crippen LogP contribution is 2.28. The van der Waals surface area contributed by atoms with Gasteiger partial charge in [-0.2, -0.15) is 0 Å². The standard InChI is InChI=1S/C21H22O/c1-21(2,3)19-11-9-18-14-20(12-10-17(18)13-19)22-15-16-7-5-4-6-8-16/h4-14H,15H2,1-3H3. The summed E-state index contributed by atoms with van der Waals surface area (Å²) >= 11 is 0. The quantitative estimate of drug-likeness (QED) is 0.599. The van der Waals surface area contributed by atoms with Gasteiger partial charge in [0.05, 0.1) is 0 Å². The van der Waals surface area contributed by atoms with Crippen molar-refractivity contribution in [1.82, 2.24) is 0 Å². The molecule has 0 N–H and O–H groups in total. The molecule has 0 fully saturated rings. The number of fused-ring (bicyclic) bond motifs is 1. The molecular weight excluding hydrogens is 268 g/mol. The van der Waals surface area contributed by atoms with Crippen LogP contribution in [0.15, 0.2) is 66.7 Å². The Morgan fingerprint density at radius 2 is 1.45 bits per heavy atom. The van der Waals surface area contributed by atoms with Crippen molar-refractivity contribution in [2.75, 3.05) is 0 Å². The average Bonchev–Trinajstić information content (AvgIpc) is 2.52. The van der Waals surface area contributed by atoms with Gasteiger partial charge < -0.3 is 4.74 Å². The molecule has 3 aromatic carbocycles. The van der Waals surface area contributed by atoms with Gasteiger partial charge in [0, 0.05) is 0 Å². The fourth-order valence-corrected chi connectivity index (χ4v) is 2.52. The highest BCUT2D eigenvalue weighted by atomic mass is 16.5. The van der Waals surface area contributed by atoms with Gasteiger partial charge in [-0.25, -0.2) is 0 Å². The van der Waals surface area contributed by atoms with Gasteiger partial charge in [0.1, 0.15) is 12.4 Å². The third-order valence-electron chi connectivity index (χ3n) is 3.93. The maximum atomic E-state index is 5.90. The fraction of sp³-hybridized carbons (Fsp3) is 0.238. The van der Waals surface area contributed by atoms with Gasteiger partial charge in [0.2, 0.25) is 0 Å². The molecule has 0 saturated heterocycles. The molecule has 0 spiro atoms. The van der Waals surface area contributed by atoms with Crippen molar-refractivity contribution in [3.63, 3.8) is 0 Å². The van der Waals surface area contributed by atoms with Crippen LogP contribution in [0.5, 0.6) is 5.75 Å². The normalized spacial score (nSPS) is 11.6. The Morgan fingerprint density at radius 3 is 2.18 bits per heavy atom. The van der Waals surface area contributed by atoms with E-state index in [-0.39, 0.29) is 5.41 Å². The molecule has 0 unspecified atom stereocenters. The molecule has 0 atom stereocenters. The molecule has 3 aromatic rings. The Balaban J connectivity index is 1.81. The summed E-state index contributed by atoms with van der Waals surface area (Å²) < 4.78 is 5.90. The first-order valence-electron chi connectivity index (χ1n) is 7.73. The van der Waals surface area contributed by atoms with Crippen molar-refractivity contribution >= 4 is 10.8 Å². The second-order valence-electron chi connectivity index (χ2n) is 6.75. The smallest absolute Gasteiger partial charge is 0.120 e. The Kier molecular flexibility index (Phi) is 3.89. The van der Waals surface area contributed by atoms with Gasteiger partial charge in [0.15, 0.2) is 0 Å². The van der Waals surface area contributed by atoms with Crippen LogP contribution in [0.1, 0.15) is 31.9 Å². The SMILES string of the molecule is CC(C)(C)c1ccc2cc(OCc3ccccc3)ccc2c1. The molecule has 0 aromatic heterocycles. The second-order valence-corrected chi connectivity index (χ2v) is 6.75. The van der Waals surface area contributed by atoms with E-state index >= 15 is 0 Å². The summed E-state index contributed by atoms with van der Waals surface area (Å²) in [5.41, 5.74) is 2.72. The Hall–Kier alpha value is -2.28. The number of rotatable bonds is 3. The molecule has 0 bridgehead atoms. The lowest BCUT2D eigenvalue weighted by Gasteiger charge is -2.19. The zero-order valence-corrected chi connectivity index (χ0v) is 13.5. The lowest BCUT2D eigenvalue weighted by molar-refractivity contribution is 0.306. The molecule has 0 amide bonds. The minimum Gasteiger partial charge on any atom is -0.489 e. The molecule has 1 heteroatoms. The van der Waals surface area contributed by atoms with Crippen LogP contribution in [0.2, 0.25) is 0 Å². The lowest BCUT2D eigenvalue weighted by atomic mass is 9.86. The van der Waals surface area contributed by atoms with E-state index in [2.05, 4.69) is 69.3 Å². The van der Waals surface area contributed by atoms with E-state index in [0.29, 0.717) is 6.61 Å². The zero-order chi connectivity index (χ0) is 15.6. The summed E-state index contributed by atoms with van der Waals surface area (Å²) in [6, 6.07) is 23.2. The summed E-state index contributed by atoms with van der Waals surface area (Å²) in [6.07, 6.45) is 0. The molecule has 22 heavy (non-hydrogen) atoms. The van der Waals surface area contributed by atoms with Crippen LogP contribution in [-0.4, -0.2) is 0 Å². The number of hydrogen-bond acceptors (Lipinski definition) is 1. The van der Waals surface area contributed by atoms with Gasteiger partial charge >= 0.3 is 0 Å². The zero-order valence-electron chi connectivity index (χ0n) is 13.5. The summed E-state index contributed by atoms with van der Waals surface area (Å²) in [4.78, 5) is 0. The molecular formula is C21H22O. The van der Waals surface area contributed by atoms with Crippen LogP contribution < -0.4 is 4.74 Å². The summed E-state index contributed by atoms with van der Waals surface area (Å²) in [6.45, 7) is 7.33. The van der Waals surface area contributed by atoms with Crippen molar-refractivity contribution in [2.24, 2.45) is 0 Å². The van der Waals surface area contributed by atoms with Crippen LogP contribution in [0.25, 0.3) is 10.8 Å². The van der Waals surface area contributed by atoms with E-state index < -0.39 is 0 Å². The molecule has 0 aliphatic carbocycles. The number of benzene rings is 3. The third-order valence-corrected chi connectivity index (χ3v) is 3.93. The molecule has 0 heterocycles. The van der Waals surface area contributed by atoms with Crippen LogP contribution in [-0.2, 0) is 12.0 Å². The molecule has 112 valence electrons. The van der Waals surface area contributed by atoms with Crippen LogP contribution in [0.4, 0.5) is 0 Å². The first kappa shape index (κ1) is 14.6. The molecule has 0 aliphatic rings. The predicted octanol–water partition coefficient (Wildman–Crippen LogP) is 5.72. The predicted molar refractivity (Wildman–Crippen MR) is 93.4 cm³/mol. The topological polar surface area (TPSA) is 9.23 Å². The van der Waals surface area contributed by atoms with Crippen LogP contribution in [0.3, 0.4) is 0 Å². The van der Waals surface area contributed by atoms with Gasteiger partial charge in [-0.3, -0.25) is 0 Å². The van der Waals surface area contributed by atoms with E-state index in [9.17, 15) is 0 Å². The largest absolute Gasteiger partial charge is 0.489 e. The maximum Gasteiger partial charge on any atom is 0.120 e. The lowest BCUT2D eigenvalue weighted by Crippen LogP contribution is -2.10. The summed E-state index contributed by atoms with van der Waals surface area (Å²) in [5, 5.41) is 2.48. The van der Waals surface area contributed by atoms with E-state index in [1.165, 1.54) is 21.9 Å². The third kappa shape index (κ3) is 3.30. The van der Waals surface area contributed by atoms with Crippen LogP contribution >= 0.6 is 0 Å². The summed E-state index contributed by atoms with van der Waals surface area (Å²) in [5.74, 6) is 0.917. The highest BCUT2D eigenvalue weighted by molar-refractivity contribution is 5.84. The highest BCUT2D eigenvalue weighted by Gasteiger charge is 2.13. The second kappa shape index (κ2) is 5.84. The maximum absolute atomic E-state index is 5.90. The first-order valence-corrected chi connectivity index (χ1v) is 7.73. The minimum absolute atomic E-state index is 0.177. The molecule has 0 aliphatic heterocycles. The Labute approximate surface area is 132 Å². The van der Waals surface area contributed by atoms with Crippen LogP contribution in [0, 0.1) is 0 Å². The molecule has 0 radical (unpaired) electrons. The van der Waals surface area contributed by atoms with Crippen molar-refractivity contribution in [2.45, 2.75) is 32.8 Å². The van der Waals surface area contributed by atoms with Crippen molar-refractivity contribution in [3.8, 4) is 5.75 Å². The van der Waals surface area contributed by atoms with E-state index in [0.717, 1.165) is 5.75 Å². The van der Waals surface area contributed by atoms with Gasteiger partial charge in [0.25, 0.3) is 0 Å². The molecule has 0 saturated carbocycles.